The van der Waals surface area contributed by atoms with Crippen molar-refractivity contribution in [3.8, 4) is 0 Å². The normalized spacial score (nSPS) is 21.1. The molecule has 0 saturated carbocycles. The van der Waals surface area contributed by atoms with E-state index in [0.717, 1.165) is 0 Å². The summed E-state index contributed by atoms with van der Waals surface area (Å²) >= 11 is 5.69. The van der Waals surface area contributed by atoms with Gasteiger partial charge in [-0.25, -0.2) is 0 Å². The number of rotatable bonds is 1. The monoisotopic (exact) mass is 264 g/mol. The van der Waals surface area contributed by atoms with Crippen LogP contribution in [0.1, 0.15) is 12.0 Å². The first-order valence-corrected chi connectivity index (χ1v) is 5.40. The third kappa shape index (κ3) is 2.54. The first-order chi connectivity index (χ1) is 7.88. The summed E-state index contributed by atoms with van der Waals surface area (Å²) in [4.78, 5) is 0. The van der Waals surface area contributed by atoms with Crippen LogP contribution in [0.4, 0.5) is 13.2 Å². The van der Waals surface area contributed by atoms with E-state index in [1.165, 1.54) is 0 Å². The lowest BCUT2D eigenvalue weighted by molar-refractivity contribution is -0.773. The molecule has 0 amide bonds. The van der Waals surface area contributed by atoms with E-state index in [-0.39, 0.29) is 12.1 Å². The zero-order valence-electron chi connectivity index (χ0n) is 8.71. The molecule has 0 spiro atoms. The summed E-state index contributed by atoms with van der Waals surface area (Å²) in [6.07, 6.45) is -4.49. The van der Waals surface area contributed by atoms with Gasteiger partial charge in [-0.3, -0.25) is 5.21 Å². The van der Waals surface area contributed by atoms with Crippen molar-refractivity contribution in [1.29, 1.82) is 0 Å². The van der Waals surface area contributed by atoms with Gasteiger partial charge in [0.05, 0.1) is 6.42 Å². The molecule has 1 aromatic carbocycles. The van der Waals surface area contributed by atoms with Gasteiger partial charge in [0.25, 0.3) is 0 Å². The van der Waals surface area contributed by atoms with Crippen molar-refractivity contribution in [2.45, 2.75) is 12.6 Å². The van der Waals surface area contributed by atoms with Crippen molar-refractivity contribution in [2.75, 3.05) is 6.54 Å². The second kappa shape index (κ2) is 4.22. The van der Waals surface area contributed by atoms with E-state index in [9.17, 15) is 18.4 Å². The van der Waals surface area contributed by atoms with E-state index in [1.54, 1.807) is 24.3 Å². The van der Waals surface area contributed by atoms with Crippen molar-refractivity contribution in [3.05, 3.63) is 34.9 Å². The van der Waals surface area contributed by atoms with Crippen molar-refractivity contribution in [1.82, 2.24) is 0 Å². The Morgan fingerprint density at radius 1 is 1.24 bits per heavy atom. The molecule has 1 N–H and O–H groups in total. The summed E-state index contributed by atoms with van der Waals surface area (Å²) in [6, 6.07) is 6.36. The average Bonchev–Trinajstić information content (AvgIpc) is 2.61. The minimum absolute atomic E-state index is 0.207. The van der Waals surface area contributed by atoms with E-state index < -0.39 is 18.6 Å². The Hall–Kier alpha value is -1.23. The fourth-order valence-electron chi connectivity index (χ4n) is 1.85. The predicted octanol–water partition coefficient (Wildman–Crippen LogP) is 3.11. The van der Waals surface area contributed by atoms with E-state index in [4.69, 9.17) is 11.6 Å². The predicted molar refractivity (Wildman–Crippen MR) is 56.6 cm³/mol. The van der Waals surface area contributed by atoms with Gasteiger partial charge in [-0.1, -0.05) is 11.6 Å². The Labute approximate surface area is 101 Å². The minimum atomic E-state index is -4.28. The number of halogens is 4. The third-order valence-corrected chi connectivity index (χ3v) is 3.04. The largest absolute Gasteiger partial charge is 0.398 e. The van der Waals surface area contributed by atoms with Crippen molar-refractivity contribution in [2.24, 2.45) is 5.92 Å². The molecule has 17 heavy (non-hydrogen) atoms. The molecule has 0 aliphatic carbocycles. The molecule has 0 fully saturated rings. The van der Waals surface area contributed by atoms with E-state index in [2.05, 4.69) is 0 Å². The Balaban J connectivity index is 2.23. The third-order valence-electron chi connectivity index (χ3n) is 2.78. The van der Waals surface area contributed by atoms with E-state index >= 15 is 0 Å². The molecular weight excluding hydrogens is 255 g/mol. The lowest BCUT2D eigenvalue weighted by Gasteiger charge is -2.09. The number of hydroxylamine groups is 1. The van der Waals surface area contributed by atoms with Crippen LogP contribution in [0.15, 0.2) is 24.3 Å². The number of hydrogen-bond acceptors (Lipinski definition) is 1. The molecule has 1 aliphatic heterocycles. The lowest BCUT2D eigenvalue weighted by atomic mass is 10.0. The number of benzene rings is 1. The fraction of sp³-hybridized carbons (Fsp3) is 0.364. The highest BCUT2D eigenvalue weighted by molar-refractivity contribution is 6.30. The maximum atomic E-state index is 12.5. The zero-order valence-corrected chi connectivity index (χ0v) is 9.46. The Morgan fingerprint density at radius 2 is 1.82 bits per heavy atom. The average molecular weight is 265 g/mol. The molecule has 1 aromatic rings. The molecule has 0 bridgehead atoms. The number of nitrogens with zero attached hydrogens (tertiary/aromatic N) is 1. The van der Waals surface area contributed by atoms with Crippen molar-refractivity contribution >= 4 is 17.3 Å². The molecule has 1 atom stereocenters. The van der Waals surface area contributed by atoms with Crippen molar-refractivity contribution < 1.29 is 23.1 Å². The summed E-state index contributed by atoms with van der Waals surface area (Å²) in [5, 5.41) is 10.0. The molecule has 92 valence electrons. The summed E-state index contributed by atoms with van der Waals surface area (Å²) < 4.78 is 38.2. The number of hydrogen-bond donors (Lipinski definition) is 1. The molecule has 0 aromatic heterocycles. The van der Waals surface area contributed by atoms with Gasteiger partial charge in [0.1, 0.15) is 5.92 Å². The smallest absolute Gasteiger partial charge is 0.291 e. The Kier molecular flexibility index (Phi) is 3.03. The Bertz CT molecular complexity index is 453. The van der Waals surface area contributed by atoms with Crippen LogP contribution in [0.5, 0.6) is 0 Å². The Morgan fingerprint density at radius 3 is 2.29 bits per heavy atom. The molecule has 0 radical (unpaired) electrons. The van der Waals surface area contributed by atoms with E-state index in [0.29, 0.717) is 15.3 Å². The van der Waals surface area contributed by atoms with Gasteiger partial charge in [0.15, 0.2) is 0 Å². The van der Waals surface area contributed by atoms with Crippen LogP contribution in [0.25, 0.3) is 0 Å². The first kappa shape index (κ1) is 12.2. The van der Waals surface area contributed by atoms with Crippen LogP contribution >= 0.6 is 11.6 Å². The second-order valence-electron chi connectivity index (χ2n) is 3.98. The summed E-state index contributed by atoms with van der Waals surface area (Å²) in [7, 11) is 0. The van der Waals surface area contributed by atoms with Crippen LogP contribution in [-0.2, 0) is 0 Å². The standard InChI is InChI=1S/C11H10ClF3NO/c12-9-3-1-7(2-4-9)10-5-8(6-16(10)17)11(13,14)15/h1-4,8,17H,5-6H2/q+1. The summed E-state index contributed by atoms with van der Waals surface area (Å²) in [5.41, 5.74) is 0.840. The van der Waals surface area contributed by atoms with Gasteiger partial charge < -0.3 is 0 Å². The van der Waals surface area contributed by atoms with Gasteiger partial charge >= 0.3 is 6.18 Å². The molecule has 1 aliphatic rings. The van der Waals surface area contributed by atoms with Gasteiger partial charge in [0.2, 0.25) is 12.3 Å². The highest BCUT2D eigenvalue weighted by atomic mass is 35.5. The summed E-state index contributed by atoms with van der Waals surface area (Å²) in [5.74, 6) is -1.52. The fourth-order valence-corrected chi connectivity index (χ4v) is 1.98. The van der Waals surface area contributed by atoms with E-state index in [1.807, 2.05) is 0 Å². The highest BCUT2D eigenvalue weighted by Crippen LogP contribution is 2.33. The molecule has 1 heterocycles. The van der Waals surface area contributed by atoms with Crippen LogP contribution in [0.3, 0.4) is 0 Å². The maximum Gasteiger partial charge on any atom is 0.398 e. The minimum Gasteiger partial charge on any atom is -0.291 e. The highest BCUT2D eigenvalue weighted by Gasteiger charge is 2.49. The first-order valence-electron chi connectivity index (χ1n) is 5.03. The SMILES string of the molecule is O[N+]1=C(c2ccc(Cl)cc2)CC(C(F)(F)F)C1. The molecule has 0 saturated heterocycles. The van der Waals surface area contributed by atoms with Gasteiger partial charge in [0, 0.05) is 10.6 Å². The maximum absolute atomic E-state index is 12.5. The molecule has 6 heteroatoms. The summed E-state index contributed by atoms with van der Waals surface area (Å²) in [6.45, 7) is -0.415. The van der Waals surface area contributed by atoms with Crippen LogP contribution < -0.4 is 0 Å². The second-order valence-corrected chi connectivity index (χ2v) is 4.41. The molecular formula is C11H10ClF3NO+. The van der Waals surface area contributed by atoms with Crippen molar-refractivity contribution in [3.63, 3.8) is 0 Å². The van der Waals surface area contributed by atoms with Gasteiger partial charge in [-0.05, 0) is 29.0 Å². The number of alkyl halides is 3. The van der Waals surface area contributed by atoms with Gasteiger partial charge in [-0.2, -0.15) is 13.2 Å². The topological polar surface area (TPSA) is 23.2 Å². The molecule has 2 rings (SSSR count). The van der Waals surface area contributed by atoms with Crippen LogP contribution in [0, 0.1) is 5.92 Å². The lowest BCUT2D eigenvalue weighted by Crippen LogP contribution is -2.25. The van der Waals surface area contributed by atoms with Gasteiger partial charge in [-0.15, -0.1) is 0 Å². The molecule has 1 unspecified atom stereocenters. The quantitative estimate of drug-likeness (QED) is 0.611. The van der Waals surface area contributed by atoms with Crippen LogP contribution in [0.2, 0.25) is 5.02 Å². The van der Waals surface area contributed by atoms with Crippen LogP contribution in [-0.4, -0.2) is 28.4 Å². The molecule has 2 nitrogen and oxygen atoms in total. The zero-order chi connectivity index (χ0) is 12.6.